The summed E-state index contributed by atoms with van der Waals surface area (Å²) in [7, 11) is 0. The molecule has 0 aromatic heterocycles. The summed E-state index contributed by atoms with van der Waals surface area (Å²) in [6, 6.07) is 2.54. The number of allylic oxidation sites excluding steroid dienone is 3. The summed E-state index contributed by atoms with van der Waals surface area (Å²) >= 11 is 0. The van der Waals surface area contributed by atoms with E-state index in [9.17, 15) is 5.26 Å². The lowest BCUT2D eigenvalue weighted by Gasteiger charge is -2.24. The van der Waals surface area contributed by atoms with Gasteiger partial charge in [-0.05, 0) is 31.5 Å². The molecule has 2 aliphatic rings. The molecule has 15 heavy (non-hydrogen) atoms. The van der Waals surface area contributed by atoms with Crippen LogP contribution in [-0.4, -0.2) is 12.6 Å². The van der Waals surface area contributed by atoms with Gasteiger partial charge >= 0.3 is 0 Å². The Bertz CT molecular complexity index is 352. The zero-order chi connectivity index (χ0) is 10.5. The number of hydrogen-bond acceptors (Lipinski definition) is 3. The Kier molecular flexibility index (Phi) is 3.21. The Balaban J connectivity index is 2.19. The van der Waals surface area contributed by atoms with Gasteiger partial charge in [0.05, 0.1) is 17.3 Å². The summed E-state index contributed by atoms with van der Waals surface area (Å²) in [5, 5.41) is 15.7. The summed E-state index contributed by atoms with van der Waals surface area (Å²) in [5.74, 6) is 0. The van der Waals surface area contributed by atoms with Crippen LogP contribution in [0.25, 0.3) is 0 Å². The Hall–Kier alpha value is -1.53. The summed E-state index contributed by atoms with van der Waals surface area (Å²) in [6.07, 6.45) is 11.2. The van der Waals surface area contributed by atoms with E-state index < -0.39 is 0 Å². The predicted octanol–water partition coefficient (Wildman–Crippen LogP) is 1.58. The van der Waals surface area contributed by atoms with Gasteiger partial charge in [0.2, 0.25) is 0 Å². The van der Waals surface area contributed by atoms with Gasteiger partial charge in [0, 0.05) is 12.2 Å². The van der Waals surface area contributed by atoms with Gasteiger partial charge in [0.25, 0.3) is 0 Å². The molecule has 2 rings (SSSR count). The number of nitriles is 1. The maximum absolute atomic E-state index is 9.18. The largest absolute Gasteiger partial charge is 0.361 e. The van der Waals surface area contributed by atoms with Gasteiger partial charge in [-0.2, -0.15) is 5.26 Å². The first kappa shape index (κ1) is 10.0. The maximum atomic E-state index is 9.18. The molecular formula is C12H15N3. The molecule has 3 heteroatoms. The fraction of sp³-hybridized carbons (Fsp3) is 0.417. The molecular weight excluding hydrogens is 186 g/mol. The van der Waals surface area contributed by atoms with Crippen molar-refractivity contribution in [1.29, 1.82) is 5.26 Å². The molecule has 0 aromatic rings. The van der Waals surface area contributed by atoms with E-state index in [-0.39, 0.29) is 6.04 Å². The van der Waals surface area contributed by atoms with E-state index in [1.54, 1.807) is 0 Å². The first-order chi connectivity index (χ1) is 7.42. The number of piperidine rings is 1. The fourth-order valence-electron chi connectivity index (χ4n) is 1.98. The van der Waals surface area contributed by atoms with Gasteiger partial charge in [-0.3, -0.25) is 0 Å². The standard InChI is InChI=1S/C12H15N3/c13-9-10(11-5-1-3-7-14-11)12-6-2-4-8-15-12/h1,3,5,7,12,14-15H,2,4,6,8H2/b11-10+. The van der Waals surface area contributed by atoms with Gasteiger partial charge in [-0.1, -0.05) is 12.5 Å². The molecule has 3 nitrogen and oxygen atoms in total. The zero-order valence-electron chi connectivity index (χ0n) is 8.66. The average molecular weight is 201 g/mol. The minimum Gasteiger partial charge on any atom is -0.361 e. The summed E-state index contributed by atoms with van der Waals surface area (Å²) in [6.45, 7) is 1.02. The molecule has 1 unspecified atom stereocenters. The average Bonchev–Trinajstić information content (AvgIpc) is 2.33. The number of nitrogens with zero attached hydrogens (tertiary/aromatic N) is 1. The topological polar surface area (TPSA) is 47.9 Å². The SMILES string of the molecule is N#C/C(=C1/C=CC=CN1)C1CCCCN1. The van der Waals surface area contributed by atoms with Crippen LogP contribution in [0.5, 0.6) is 0 Å². The van der Waals surface area contributed by atoms with E-state index in [0.29, 0.717) is 0 Å². The third kappa shape index (κ3) is 2.28. The molecule has 1 atom stereocenters. The highest BCUT2D eigenvalue weighted by atomic mass is 14.9. The number of rotatable bonds is 1. The predicted molar refractivity (Wildman–Crippen MR) is 59.7 cm³/mol. The third-order valence-electron chi connectivity index (χ3n) is 2.78. The molecule has 0 spiro atoms. The lowest BCUT2D eigenvalue weighted by Crippen LogP contribution is -2.36. The van der Waals surface area contributed by atoms with E-state index in [2.05, 4.69) is 16.7 Å². The van der Waals surface area contributed by atoms with Crippen LogP contribution in [0.15, 0.2) is 35.7 Å². The highest BCUT2D eigenvalue weighted by molar-refractivity contribution is 5.41. The molecule has 0 radical (unpaired) electrons. The van der Waals surface area contributed by atoms with Crippen molar-refractivity contribution in [2.24, 2.45) is 0 Å². The van der Waals surface area contributed by atoms with E-state index in [1.807, 2.05) is 24.4 Å². The summed E-state index contributed by atoms with van der Waals surface area (Å²) < 4.78 is 0. The summed E-state index contributed by atoms with van der Waals surface area (Å²) in [4.78, 5) is 0. The molecule has 2 N–H and O–H groups in total. The van der Waals surface area contributed by atoms with Crippen molar-refractivity contribution in [1.82, 2.24) is 10.6 Å². The van der Waals surface area contributed by atoms with Crippen molar-refractivity contribution in [2.45, 2.75) is 25.3 Å². The normalized spacial score (nSPS) is 28.1. The van der Waals surface area contributed by atoms with Gasteiger partial charge in [0.1, 0.15) is 0 Å². The van der Waals surface area contributed by atoms with E-state index >= 15 is 0 Å². The summed E-state index contributed by atoms with van der Waals surface area (Å²) in [5.41, 5.74) is 1.76. The Morgan fingerprint density at radius 3 is 2.93 bits per heavy atom. The number of hydrogen-bond donors (Lipinski definition) is 2. The van der Waals surface area contributed by atoms with Crippen molar-refractivity contribution >= 4 is 0 Å². The molecule has 0 aromatic carbocycles. The Morgan fingerprint density at radius 2 is 2.33 bits per heavy atom. The molecule has 0 bridgehead atoms. The van der Waals surface area contributed by atoms with E-state index in [4.69, 9.17) is 0 Å². The van der Waals surface area contributed by atoms with Crippen LogP contribution >= 0.6 is 0 Å². The van der Waals surface area contributed by atoms with Gasteiger partial charge in [-0.15, -0.1) is 0 Å². The first-order valence-corrected chi connectivity index (χ1v) is 5.39. The van der Waals surface area contributed by atoms with Crippen molar-refractivity contribution in [2.75, 3.05) is 6.54 Å². The minimum atomic E-state index is 0.224. The van der Waals surface area contributed by atoms with Crippen molar-refractivity contribution in [3.05, 3.63) is 35.7 Å². The van der Waals surface area contributed by atoms with Crippen LogP contribution in [0.3, 0.4) is 0 Å². The second-order valence-corrected chi connectivity index (χ2v) is 3.80. The van der Waals surface area contributed by atoms with Crippen LogP contribution in [0, 0.1) is 11.3 Å². The molecule has 0 aliphatic carbocycles. The van der Waals surface area contributed by atoms with Crippen LogP contribution in [0.4, 0.5) is 0 Å². The van der Waals surface area contributed by atoms with Gasteiger partial charge in [-0.25, -0.2) is 0 Å². The highest BCUT2D eigenvalue weighted by Crippen LogP contribution is 2.18. The van der Waals surface area contributed by atoms with Crippen molar-refractivity contribution < 1.29 is 0 Å². The van der Waals surface area contributed by atoms with Crippen LogP contribution in [-0.2, 0) is 0 Å². The highest BCUT2D eigenvalue weighted by Gasteiger charge is 2.19. The molecule has 0 saturated carbocycles. The Labute approximate surface area is 90.2 Å². The maximum Gasteiger partial charge on any atom is 0.0985 e. The Morgan fingerprint density at radius 1 is 1.40 bits per heavy atom. The molecule has 2 aliphatic heterocycles. The zero-order valence-corrected chi connectivity index (χ0v) is 8.66. The quantitative estimate of drug-likeness (QED) is 0.633. The number of nitrogens with one attached hydrogen (secondary N) is 2. The van der Waals surface area contributed by atoms with Crippen molar-refractivity contribution in [3.8, 4) is 6.07 Å². The van der Waals surface area contributed by atoms with Crippen molar-refractivity contribution in [3.63, 3.8) is 0 Å². The van der Waals surface area contributed by atoms with Gasteiger partial charge in [0.15, 0.2) is 0 Å². The van der Waals surface area contributed by atoms with E-state index in [0.717, 1.165) is 24.2 Å². The number of dihydropyridines is 1. The third-order valence-corrected chi connectivity index (χ3v) is 2.78. The van der Waals surface area contributed by atoms with E-state index in [1.165, 1.54) is 12.8 Å². The van der Waals surface area contributed by atoms with Crippen LogP contribution in [0.1, 0.15) is 19.3 Å². The fourth-order valence-corrected chi connectivity index (χ4v) is 1.98. The van der Waals surface area contributed by atoms with Gasteiger partial charge < -0.3 is 10.6 Å². The minimum absolute atomic E-state index is 0.224. The monoisotopic (exact) mass is 201 g/mol. The van der Waals surface area contributed by atoms with Crippen LogP contribution < -0.4 is 10.6 Å². The second-order valence-electron chi connectivity index (χ2n) is 3.80. The lowest BCUT2D eigenvalue weighted by molar-refractivity contribution is 0.443. The first-order valence-electron chi connectivity index (χ1n) is 5.39. The molecule has 78 valence electrons. The molecule has 1 fully saturated rings. The lowest BCUT2D eigenvalue weighted by atomic mass is 9.96. The molecule has 2 heterocycles. The van der Waals surface area contributed by atoms with Crippen LogP contribution in [0.2, 0.25) is 0 Å². The molecule has 0 amide bonds. The second kappa shape index (κ2) is 4.81. The smallest absolute Gasteiger partial charge is 0.0985 e. The molecule has 1 saturated heterocycles.